The number of hydrogen-bond donors (Lipinski definition) is 0. The summed E-state index contributed by atoms with van der Waals surface area (Å²) in [5.41, 5.74) is 0.649. The summed E-state index contributed by atoms with van der Waals surface area (Å²) in [5.74, 6) is -0.693. The van der Waals surface area contributed by atoms with Gasteiger partial charge >= 0.3 is 0 Å². The van der Waals surface area contributed by atoms with E-state index >= 15 is 0 Å². The minimum absolute atomic E-state index is 0.00849. The van der Waals surface area contributed by atoms with Gasteiger partial charge in [0, 0.05) is 10.0 Å². The van der Waals surface area contributed by atoms with E-state index < -0.39 is 15.8 Å². The van der Waals surface area contributed by atoms with Crippen LogP contribution >= 0.6 is 23.2 Å². The van der Waals surface area contributed by atoms with Gasteiger partial charge in [-0.05, 0) is 35.9 Å². The zero-order chi connectivity index (χ0) is 15.6. The van der Waals surface area contributed by atoms with Gasteiger partial charge < -0.3 is 0 Å². The predicted molar refractivity (Wildman–Crippen MR) is 83.9 cm³/mol. The average Bonchev–Trinajstić information content (AvgIpc) is 2.38. The van der Waals surface area contributed by atoms with Gasteiger partial charge in [0.1, 0.15) is 5.82 Å². The molecular formula is C14H12Cl2FNO2S. The number of halogens is 3. The topological polar surface area (TPSA) is 37.4 Å². The summed E-state index contributed by atoms with van der Waals surface area (Å²) < 4.78 is 38.9. The molecule has 0 radical (unpaired) electrons. The van der Waals surface area contributed by atoms with Crippen molar-refractivity contribution in [2.75, 3.05) is 10.6 Å². The third-order valence-corrected chi connectivity index (χ3v) is 4.43. The second-order valence-electron chi connectivity index (χ2n) is 4.49. The summed E-state index contributed by atoms with van der Waals surface area (Å²) in [5, 5.41) is 0.749. The zero-order valence-electron chi connectivity index (χ0n) is 11.1. The summed E-state index contributed by atoms with van der Waals surface area (Å²) in [7, 11) is -3.64. The van der Waals surface area contributed by atoms with E-state index in [0.29, 0.717) is 10.6 Å². The molecular weight excluding hydrogens is 336 g/mol. The number of hydrogen-bond acceptors (Lipinski definition) is 2. The van der Waals surface area contributed by atoms with Gasteiger partial charge in [-0.3, -0.25) is 4.31 Å². The molecule has 0 aliphatic carbocycles. The Balaban J connectivity index is 2.42. The molecule has 0 fully saturated rings. The van der Waals surface area contributed by atoms with Gasteiger partial charge in [-0.1, -0.05) is 35.3 Å². The van der Waals surface area contributed by atoms with Crippen molar-refractivity contribution in [2.24, 2.45) is 0 Å². The molecule has 0 bridgehead atoms. The normalized spacial score (nSPS) is 11.4. The third kappa shape index (κ3) is 4.09. The van der Waals surface area contributed by atoms with Crippen LogP contribution in [0.1, 0.15) is 5.56 Å². The highest BCUT2D eigenvalue weighted by molar-refractivity contribution is 7.92. The molecule has 0 spiro atoms. The molecule has 112 valence electrons. The molecule has 21 heavy (non-hydrogen) atoms. The van der Waals surface area contributed by atoms with E-state index in [9.17, 15) is 12.8 Å². The van der Waals surface area contributed by atoms with Crippen molar-refractivity contribution in [3.63, 3.8) is 0 Å². The lowest BCUT2D eigenvalue weighted by atomic mass is 10.2. The molecule has 2 aromatic rings. The second-order valence-corrected chi connectivity index (χ2v) is 7.27. The highest BCUT2D eigenvalue weighted by atomic mass is 35.5. The van der Waals surface area contributed by atoms with Gasteiger partial charge in [-0.2, -0.15) is 0 Å². The molecule has 2 aromatic carbocycles. The van der Waals surface area contributed by atoms with Crippen molar-refractivity contribution in [1.29, 1.82) is 0 Å². The van der Waals surface area contributed by atoms with Crippen molar-refractivity contribution >= 4 is 38.9 Å². The van der Waals surface area contributed by atoms with Crippen LogP contribution in [-0.4, -0.2) is 14.7 Å². The van der Waals surface area contributed by atoms with Gasteiger partial charge in [0.15, 0.2) is 0 Å². The Morgan fingerprint density at radius 1 is 1.05 bits per heavy atom. The smallest absolute Gasteiger partial charge is 0.232 e. The molecule has 0 amide bonds. The van der Waals surface area contributed by atoms with Crippen molar-refractivity contribution in [1.82, 2.24) is 0 Å². The number of nitrogens with zero attached hydrogens (tertiary/aromatic N) is 1. The molecule has 3 nitrogen and oxygen atoms in total. The monoisotopic (exact) mass is 347 g/mol. The van der Waals surface area contributed by atoms with Crippen LogP contribution in [0.3, 0.4) is 0 Å². The zero-order valence-corrected chi connectivity index (χ0v) is 13.4. The summed E-state index contributed by atoms with van der Waals surface area (Å²) in [6, 6.07) is 10.5. The fourth-order valence-electron chi connectivity index (χ4n) is 1.82. The van der Waals surface area contributed by atoms with E-state index in [-0.39, 0.29) is 17.3 Å². The third-order valence-electron chi connectivity index (χ3n) is 2.82. The van der Waals surface area contributed by atoms with Crippen LogP contribution in [0, 0.1) is 5.82 Å². The Bertz CT molecular complexity index is 748. The Kier molecular flexibility index (Phi) is 4.76. The van der Waals surface area contributed by atoms with E-state index in [4.69, 9.17) is 23.2 Å². The highest BCUT2D eigenvalue weighted by Crippen LogP contribution is 2.26. The molecule has 7 heteroatoms. The molecule has 2 rings (SSSR count). The van der Waals surface area contributed by atoms with Gasteiger partial charge in [-0.15, -0.1) is 0 Å². The maximum absolute atomic E-state index is 14.0. The van der Waals surface area contributed by atoms with E-state index in [1.807, 2.05) is 0 Å². The van der Waals surface area contributed by atoms with Gasteiger partial charge in [0.05, 0.1) is 18.5 Å². The van der Waals surface area contributed by atoms with E-state index in [0.717, 1.165) is 16.6 Å². The van der Waals surface area contributed by atoms with E-state index in [1.165, 1.54) is 12.1 Å². The van der Waals surface area contributed by atoms with Crippen molar-refractivity contribution in [2.45, 2.75) is 6.54 Å². The number of sulfonamides is 1. The Labute approximate surface area is 133 Å². The van der Waals surface area contributed by atoms with E-state index in [1.54, 1.807) is 24.3 Å². The molecule has 0 aliphatic rings. The number of rotatable bonds is 4. The summed E-state index contributed by atoms with van der Waals surface area (Å²) in [6.45, 7) is 0.00849. The van der Waals surface area contributed by atoms with Crippen molar-refractivity contribution in [3.05, 3.63) is 63.9 Å². The lowest BCUT2D eigenvalue weighted by Crippen LogP contribution is -2.30. The van der Waals surface area contributed by atoms with Crippen LogP contribution in [-0.2, 0) is 16.6 Å². The lowest BCUT2D eigenvalue weighted by molar-refractivity contribution is 0.590. The Hall–Kier alpha value is -1.30. The van der Waals surface area contributed by atoms with Crippen LogP contribution in [0.25, 0.3) is 0 Å². The Morgan fingerprint density at radius 2 is 1.62 bits per heavy atom. The van der Waals surface area contributed by atoms with Crippen molar-refractivity contribution in [3.8, 4) is 0 Å². The minimum atomic E-state index is -3.64. The second kappa shape index (κ2) is 6.22. The first-order chi connectivity index (χ1) is 9.77. The fourth-order valence-corrected chi connectivity index (χ4v) is 2.99. The molecule has 0 aliphatic heterocycles. The van der Waals surface area contributed by atoms with Gasteiger partial charge in [0.25, 0.3) is 0 Å². The fraction of sp³-hybridized carbons (Fsp3) is 0.143. The summed E-state index contributed by atoms with van der Waals surface area (Å²) in [6.07, 6.45) is 1.02. The van der Waals surface area contributed by atoms with Gasteiger partial charge in [0.2, 0.25) is 10.0 Å². The molecule has 0 saturated heterocycles. The predicted octanol–water partition coefficient (Wildman–Crippen LogP) is 4.10. The van der Waals surface area contributed by atoms with Crippen LogP contribution in [0.2, 0.25) is 10.0 Å². The average molecular weight is 348 g/mol. The standard InChI is InChI=1S/C14H12Cl2FNO2S/c1-21(19,20)18(9-10-2-4-11(15)5-3-10)14-7-6-12(16)8-13(14)17/h2-8H,9H2,1H3. The SMILES string of the molecule is CS(=O)(=O)N(Cc1ccc(Cl)cc1)c1ccc(Cl)cc1F. The molecule has 0 heterocycles. The summed E-state index contributed by atoms with van der Waals surface area (Å²) in [4.78, 5) is 0. The van der Waals surface area contributed by atoms with Crippen LogP contribution in [0.5, 0.6) is 0 Å². The minimum Gasteiger partial charge on any atom is -0.263 e. The summed E-state index contributed by atoms with van der Waals surface area (Å²) >= 11 is 11.5. The first-order valence-electron chi connectivity index (χ1n) is 5.94. The van der Waals surface area contributed by atoms with Gasteiger partial charge in [-0.25, -0.2) is 12.8 Å². The highest BCUT2D eigenvalue weighted by Gasteiger charge is 2.21. The number of benzene rings is 2. The van der Waals surface area contributed by atoms with Crippen LogP contribution < -0.4 is 4.31 Å². The maximum Gasteiger partial charge on any atom is 0.232 e. The Morgan fingerprint density at radius 3 is 2.14 bits per heavy atom. The lowest BCUT2D eigenvalue weighted by Gasteiger charge is -2.23. The van der Waals surface area contributed by atoms with Crippen LogP contribution in [0.15, 0.2) is 42.5 Å². The number of anilines is 1. The molecule has 0 saturated carbocycles. The first-order valence-corrected chi connectivity index (χ1v) is 8.55. The van der Waals surface area contributed by atoms with Crippen LogP contribution in [0.4, 0.5) is 10.1 Å². The molecule has 0 atom stereocenters. The quantitative estimate of drug-likeness (QED) is 0.834. The van der Waals surface area contributed by atoms with E-state index in [2.05, 4.69) is 0 Å². The van der Waals surface area contributed by atoms with Crippen molar-refractivity contribution < 1.29 is 12.8 Å². The molecule has 0 N–H and O–H groups in total. The first kappa shape index (κ1) is 16.1. The maximum atomic E-state index is 14.0. The molecule has 0 aromatic heterocycles. The largest absolute Gasteiger partial charge is 0.263 e. The molecule has 0 unspecified atom stereocenters.